The van der Waals surface area contributed by atoms with E-state index in [1.165, 1.54) is 16.2 Å². The second-order valence-electron chi connectivity index (χ2n) is 9.92. The highest BCUT2D eigenvalue weighted by Gasteiger charge is 2.36. The van der Waals surface area contributed by atoms with Gasteiger partial charge in [0.1, 0.15) is 4.90 Å². The molecular weight excluding hydrogens is 510 g/mol. The van der Waals surface area contributed by atoms with E-state index in [9.17, 15) is 8.42 Å². The van der Waals surface area contributed by atoms with Crippen molar-refractivity contribution in [3.8, 4) is 22.4 Å². The van der Waals surface area contributed by atoms with Crippen molar-refractivity contribution in [3.05, 3.63) is 73.2 Å². The summed E-state index contributed by atoms with van der Waals surface area (Å²) in [5, 5.41) is 3.26. The van der Waals surface area contributed by atoms with E-state index in [4.69, 9.17) is 4.98 Å². The Bertz CT molecular complexity index is 1590. The Morgan fingerprint density at radius 3 is 2.46 bits per heavy atom. The third-order valence-corrected chi connectivity index (χ3v) is 9.07. The zero-order valence-electron chi connectivity index (χ0n) is 22.1. The largest absolute Gasteiger partial charge is 0.369 e. The van der Waals surface area contributed by atoms with Gasteiger partial charge in [0.05, 0.1) is 17.6 Å². The van der Waals surface area contributed by atoms with Gasteiger partial charge in [0.15, 0.2) is 0 Å². The number of hydrogen-bond donors (Lipinski definition) is 1. The third-order valence-electron chi connectivity index (χ3n) is 7.26. The predicted molar refractivity (Wildman–Crippen MR) is 155 cm³/mol. The fourth-order valence-corrected chi connectivity index (χ4v) is 6.76. The lowest BCUT2D eigenvalue weighted by Gasteiger charge is -2.34. The van der Waals surface area contributed by atoms with Crippen LogP contribution in [0.25, 0.3) is 22.4 Å². The van der Waals surface area contributed by atoms with Crippen molar-refractivity contribution in [2.45, 2.75) is 18.2 Å². The van der Waals surface area contributed by atoms with Crippen molar-refractivity contribution < 1.29 is 8.42 Å². The summed E-state index contributed by atoms with van der Waals surface area (Å²) in [6, 6.07) is 17.9. The number of sulfonamides is 1. The van der Waals surface area contributed by atoms with Crippen LogP contribution in [-0.4, -0.2) is 68.0 Å². The fourth-order valence-electron chi connectivity index (χ4n) is 5.11. The van der Waals surface area contributed by atoms with Crippen LogP contribution in [0, 0.1) is 0 Å². The number of pyridine rings is 1. The van der Waals surface area contributed by atoms with Crippen LogP contribution in [0.3, 0.4) is 0 Å². The summed E-state index contributed by atoms with van der Waals surface area (Å²) in [4.78, 5) is 18.1. The molecule has 1 N–H and O–H groups in total. The molecule has 0 aliphatic carbocycles. The summed E-state index contributed by atoms with van der Waals surface area (Å²) >= 11 is 0. The van der Waals surface area contributed by atoms with Gasteiger partial charge in [0.25, 0.3) is 10.0 Å². The van der Waals surface area contributed by atoms with Crippen LogP contribution in [0.15, 0.2) is 78.1 Å². The predicted octanol–water partition coefficient (Wildman–Crippen LogP) is 4.62. The minimum absolute atomic E-state index is 0.119. The van der Waals surface area contributed by atoms with Crippen LogP contribution in [-0.2, 0) is 10.0 Å². The van der Waals surface area contributed by atoms with E-state index < -0.39 is 10.0 Å². The normalized spacial score (nSPS) is 16.5. The average Bonchev–Trinajstić information content (AvgIpc) is 2.96. The standard InChI is InChI=1S/C29H31N7O2S/c1-3-13-36-26-18-21(22-5-4-12-30-19-22)6-11-25(26)28-27(39(36,37)38)20-31-29(33-28)32-23-7-9-24(10-8-23)35-16-14-34(2)15-17-35/h4-12,18-20H,3,13-17H2,1-2H3,(H,31,32,33). The van der Waals surface area contributed by atoms with Gasteiger partial charge in [0.2, 0.25) is 5.95 Å². The van der Waals surface area contributed by atoms with Gasteiger partial charge in [-0.2, -0.15) is 0 Å². The number of likely N-dealkylation sites (N-methyl/N-ethyl adjacent to an activating group) is 1. The first-order valence-electron chi connectivity index (χ1n) is 13.2. The van der Waals surface area contributed by atoms with Gasteiger partial charge in [-0.25, -0.2) is 18.4 Å². The molecule has 0 bridgehead atoms. The molecule has 6 rings (SSSR count). The van der Waals surface area contributed by atoms with Gasteiger partial charge in [-0.05, 0) is 55.4 Å². The molecule has 200 valence electrons. The van der Waals surface area contributed by atoms with Gasteiger partial charge in [0, 0.05) is 67.6 Å². The van der Waals surface area contributed by atoms with Crippen molar-refractivity contribution in [3.63, 3.8) is 0 Å². The number of hydrogen-bond acceptors (Lipinski definition) is 8. The van der Waals surface area contributed by atoms with Gasteiger partial charge in [-0.15, -0.1) is 0 Å². The monoisotopic (exact) mass is 541 g/mol. The Balaban J connectivity index is 1.33. The topological polar surface area (TPSA) is 94.6 Å². The lowest BCUT2D eigenvalue weighted by molar-refractivity contribution is 0.313. The number of nitrogens with zero attached hydrogens (tertiary/aromatic N) is 6. The Kier molecular flexibility index (Phi) is 6.66. The van der Waals surface area contributed by atoms with Crippen LogP contribution in [0.1, 0.15) is 13.3 Å². The quantitative estimate of drug-likeness (QED) is 0.378. The summed E-state index contributed by atoms with van der Waals surface area (Å²) in [6.45, 7) is 6.43. The minimum atomic E-state index is -3.81. The summed E-state index contributed by atoms with van der Waals surface area (Å²) < 4.78 is 28.8. The number of benzene rings is 2. The molecule has 39 heavy (non-hydrogen) atoms. The Morgan fingerprint density at radius 1 is 0.949 bits per heavy atom. The molecule has 1 saturated heterocycles. The Labute approximate surface area is 229 Å². The van der Waals surface area contributed by atoms with Gasteiger partial charge < -0.3 is 15.1 Å². The number of anilines is 4. The third kappa shape index (κ3) is 4.81. The SMILES string of the molecule is CCCN1c2cc(-c3cccnc3)ccc2-c2nc(Nc3ccc(N4CCN(C)CC4)cc3)ncc2S1(=O)=O. The highest BCUT2D eigenvalue weighted by Crippen LogP contribution is 2.44. The van der Waals surface area contributed by atoms with Crippen molar-refractivity contribution in [2.24, 2.45) is 0 Å². The van der Waals surface area contributed by atoms with E-state index in [1.807, 2.05) is 49.4 Å². The molecule has 2 aromatic carbocycles. The lowest BCUT2D eigenvalue weighted by atomic mass is 10.0. The van der Waals surface area contributed by atoms with Crippen molar-refractivity contribution in [1.29, 1.82) is 0 Å². The highest BCUT2D eigenvalue weighted by molar-refractivity contribution is 7.93. The van der Waals surface area contributed by atoms with Crippen LogP contribution in [0.2, 0.25) is 0 Å². The first-order valence-corrected chi connectivity index (χ1v) is 14.6. The number of rotatable bonds is 6. The van der Waals surface area contributed by atoms with E-state index in [2.05, 4.69) is 44.3 Å². The average molecular weight is 542 g/mol. The maximum Gasteiger partial charge on any atom is 0.268 e. The molecule has 2 aliphatic heterocycles. The molecule has 0 radical (unpaired) electrons. The molecule has 0 saturated carbocycles. The summed E-state index contributed by atoms with van der Waals surface area (Å²) in [6.07, 6.45) is 5.59. The fraction of sp³-hybridized carbons (Fsp3) is 0.276. The molecule has 0 atom stereocenters. The maximum absolute atomic E-state index is 13.7. The summed E-state index contributed by atoms with van der Waals surface area (Å²) in [7, 11) is -1.67. The van der Waals surface area contributed by atoms with Crippen LogP contribution < -0.4 is 14.5 Å². The van der Waals surface area contributed by atoms with Gasteiger partial charge in [-0.3, -0.25) is 9.29 Å². The molecule has 2 aromatic heterocycles. The second kappa shape index (κ2) is 10.3. The van der Waals surface area contributed by atoms with Crippen molar-refractivity contribution in [1.82, 2.24) is 19.9 Å². The number of piperazine rings is 1. The smallest absolute Gasteiger partial charge is 0.268 e. The van der Waals surface area contributed by atoms with Gasteiger partial charge in [-0.1, -0.05) is 25.1 Å². The van der Waals surface area contributed by atoms with Crippen molar-refractivity contribution >= 4 is 33.0 Å². The van der Waals surface area contributed by atoms with E-state index in [-0.39, 0.29) is 4.90 Å². The first kappa shape index (κ1) is 25.3. The minimum Gasteiger partial charge on any atom is -0.369 e. The Morgan fingerprint density at radius 2 is 1.74 bits per heavy atom. The molecule has 0 unspecified atom stereocenters. The first-order chi connectivity index (χ1) is 18.9. The molecule has 10 heteroatoms. The molecule has 0 amide bonds. The lowest BCUT2D eigenvalue weighted by Crippen LogP contribution is -2.44. The molecule has 9 nitrogen and oxygen atoms in total. The second-order valence-corrected chi connectivity index (χ2v) is 11.8. The number of nitrogens with one attached hydrogen (secondary N) is 1. The van der Waals surface area contributed by atoms with E-state index in [0.29, 0.717) is 30.3 Å². The summed E-state index contributed by atoms with van der Waals surface area (Å²) in [5.41, 5.74) is 5.62. The van der Waals surface area contributed by atoms with Crippen molar-refractivity contribution in [2.75, 3.05) is 54.3 Å². The molecule has 1 fully saturated rings. The molecule has 2 aliphatic rings. The Hall–Kier alpha value is -4.02. The highest BCUT2D eigenvalue weighted by atomic mass is 32.2. The summed E-state index contributed by atoms with van der Waals surface area (Å²) in [5.74, 6) is 0.350. The zero-order chi connectivity index (χ0) is 27.0. The number of aromatic nitrogens is 3. The van der Waals surface area contributed by atoms with E-state index in [1.54, 1.807) is 12.4 Å². The molecule has 4 heterocycles. The van der Waals surface area contributed by atoms with E-state index in [0.717, 1.165) is 48.6 Å². The number of fused-ring (bicyclic) bond motifs is 3. The molecule has 4 aromatic rings. The van der Waals surface area contributed by atoms with Gasteiger partial charge >= 0.3 is 0 Å². The zero-order valence-corrected chi connectivity index (χ0v) is 22.9. The molecular formula is C29H31N7O2S. The van der Waals surface area contributed by atoms with E-state index >= 15 is 0 Å². The van der Waals surface area contributed by atoms with Crippen LogP contribution >= 0.6 is 0 Å². The van der Waals surface area contributed by atoms with Crippen LogP contribution in [0.4, 0.5) is 23.0 Å². The molecule has 0 spiro atoms. The van der Waals surface area contributed by atoms with Crippen LogP contribution in [0.5, 0.6) is 0 Å². The maximum atomic E-state index is 13.7.